The lowest BCUT2D eigenvalue weighted by molar-refractivity contribution is 0.0210. The Morgan fingerprint density at radius 3 is 1.95 bits per heavy atom. The molecule has 2 fully saturated rings. The molecule has 1 heteroatoms. The lowest BCUT2D eigenvalue weighted by Gasteiger charge is -2.37. The van der Waals surface area contributed by atoms with Gasteiger partial charge in [0.2, 0.25) is 0 Å². The second kappa shape index (κ2) is 10.3. The Kier molecular flexibility index (Phi) is 8.30. The van der Waals surface area contributed by atoms with Gasteiger partial charge in [0.15, 0.2) is 0 Å². The van der Waals surface area contributed by atoms with Gasteiger partial charge in [-0.05, 0) is 83.0 Å². The first kappa shape index (κ1) is 17.8. The van der Waals surface area contributed by atoms with Gasteiger partial charge in [0.05, 0.1) is 12.7 Å². The molecule has 0 aromatic carbocycles. The largest absolute Gasteiger partial charge is 0.374 e. The van der Waals surface area contributed by atoms with Gasteiger partial charge in [-0.25, -0.2) is 0 Å². The second-order valence-corrected chi connectivity index (χ2v) is 7.37. The first-order valence-corrected chi connectivity index (χ1v) is 9.67. The lowest BCUT2D eigenvalue weighted by atomic mass is 9.70. The first-order chi connectivity index (χ1) is 10.8. The van der Waals surface area contributed by atoms with Crippen LogP contribution in [0.15, 0.2) is 24.3 Å². The molecule has 0 amide bonds. The third-order valence-corrected chi connectivity index (χ3v) is 5.92. The monoisotopic (exact) mass is 304 g/mol. The van der Waals surface area contributed by atoms with Crippen LogP contribution in [0, 0.1) is 17.8 Å². The van der Waals surface area contributed by atoms with Crippen molar-refractivity contribution in [2.75, 3.05) is 6.61 Å². The number of hydrogen-bond acceptors (Lipinski definition) is 1. The number of rotatable bonds is 7. The fourth-order valence-electron chi connectivity index (χ4n) is 4.46. The van der Waals surface area contributed by atoms with Crippen molar-refractivity contribution in [3.05, 3.63) is 24.3 Å². The van der Waals surface area contributed by atoms with Crippen LogP contribution in [0.2, 0.25) is 0 Å². The predicted octanol–water partition coefficient (Wildman–Crippen LogP) is 6.30. The zero-order chi connectivity index (χ0) is 15.6. The Morgan fingerprint density at radius 2 is 1.36 bits per heavy atom. The van der Waals surface area contributed by atoms with E-state index < -0.39 is 0 Å². The molecule has 0 unspecified atom stereocenters. The van der Waals surface area contributed by atoms with Crippen LogP contribution >= 0.6 is 0 Å². The maximum absolute atomic E-state index is 5.94. The van der Waals surface area contributed by atoms with E-state index in [0.29, 0.717) is 6.10 Å². The molecule has 0 radical (unpaired) electrons. The molecule has 0 heterocycles. The Balaban J connectivity index is 1.62. The maximum atomic E-state index is 5.94. The van der Waals surface area contributed by atoms with Gasteiger partial charge in [-0.3, -0.25) is 0 Å². The molecule has 0 saturated heterocycles. The molecule has 0 atom stereocenters. The zero-order valence-corrected chi connectivity index (χ0v) is 14.8. The number of allylic oxidation sites excluding steroid dienone is 3. The van der Waals surface area contributed by atoms with Gasteiger partial charge in [-0.15, -0.1) is 0 Å². The first-order valence-electron chi connectivity index (χ1n) is 9.67. The van der Waals surface area contributed by atoms with Crippen LogP contribution < -0.4 is 0 Å². The third kappa shape index (κ3) is 5.91. The fraction of sp³-hybridized carbons (Fsp3) is 0.810. The summed E-state index contributed by atoms with van der Waals surface area (Å²) >= 11 is 0. The van der Waals surface area contributed by atoms with Crippen molar-refractivity contribution >= 4 is 0 Å². The van der Waals surface area contributed by atoms with Gasteiger partial charge in [0, 0.05) is 0 Å². The molecule has 0 spiro atoms. The molecule has 2 saturated carbocycles. The molecule has 2 rings (SSSR count). The second-order valence-electron chi connectivity index (χ2n) is 7.37. The van der Waals surface area contributed by atoms with Gasteiger partial charge in [0.1, 0.15) is 0 Å². The summed E-state index contributed by atoms with van der Waals surface area (Å²) in [5.74, 6) is 3.03. The smallest absolute Gasteiger partial charge is 0.0651 e. The molecular weight excluding hydrogens is 268 g/mol. The molecule has 0 aliphatic heterocycles. The van der Waals surface area contributed by atoms with Crippen LogP contribution in [0.25, 0.3) is 0 Å². The molecule has 22 heavy (non-hydrogen) atoms. The molecule has 2 aliphatic rings. The highest BCUT2D eigenvalue weighted by atomic mass is 16.5. The van der Waals surface area contributed by atoms with Crippen LogP contribution in [0.3, 0.4) is 0 Å². The molecule has 0 aromatic rings. The summed E-state index contributed by atoms with van der Waals surface area (Å²) in [6.45, 7) is 5.01. The molecule has 126 valence electrons. The van der Waals surface area contributed by atoms with E-state index in [1.54, 1.807) is 0 Å². The van der Waals surface area contributed by atoms with E-state index >= 15 is 0 Å². The van der Waals surface area contributed by atoms with Crippen molar-refractivity contribution in [1.29, 1.82) is 0 Å². The fourth-order valence-corrected chi connectivity index (χ4v) is 4.46. The Morgan fingerprint density at radius 1 is 0.773 bits per heavy atom. The standard InChI is InChI=1S/C21H36O/c1-3-5-7-8-18-9-11-19(12-10-18)20-13-15-21(16-14-20)22-17-6-4-2/h3-6,18-21H,7-17H2,1-2H3/b5-3+,6-4+. The number of ether oxygens (including phenoxy) is 1. The highest BCUT2D eigenvalue weighted by molar-refractivity contribution is 4.85. The summed E-state index contributed by atoms with van der Waals surface area (Å²) in [5.41, 5.74) is 0. The summed E-state index contributed by atoms with van der Waals surface area (Å²) < 4.78 is 5.94. The molecule has 2 aliphatic carbocycles. The molecular formula is C21H36O. The van der Waals surface area contributed by atoms with Crippen LogP contribution in [0.4, 0.5) is 0 Å². The van der Waals surface area contributed by atoms with E-state index in [4.69, 9.17) is 4.74 Å². The van der Waals surface area contributed by atoms with Crippen molar-refractivity contribution < 1.29 is 4.74 Å². The third-order valence-electron chi connectivity index (χ3n) is 5.92. The Labute approximate surface area is 138 Å². The molecule has 0 bridgehead atoms. The quantitative estimate of drug-likeness (QED) is 0.501. The summed E-state index contributed by atoms with van der Waals surface area (Å²) in [4.78, 5) is 0. The van der Waals surface area contributed by atoms with Gasteiger partial charge < -0.3 is 4.74 Å². The van der Waals surface area contributed by atoms with Crippen molar-refractivity contribution in [1.82, 2.24) is 0 Å². The van der Waals surface area contributed by atoms with E-state index in [1.807, 2.05) is 0 Å². The van der Waals surface area contributed by atoms with Crippen molar-refractivity contribution in [2.45, 2.75) is 84.2 Å². The minimum atomic E-state index is 0.532. The Bertz CT molecular complexity index is 294. The summed E-state index contributed by atoms with van der Waals surface area (Å²) in [6.07, 6.45) is 23.4. The van der Waals surface area contributed by atoms with Crippen molar-refractivity contribution in [3.8, 4) is 0 Å². The van der Waals surface area contributed by atoms with E-state index in [1.165, 1.54) is 64.2 Å². The molecule has 0 aromatic heterocycles. The molecule has 0 N–H and O–H groups in total. The average Bonchev–Trinajstić information content (AvgIpc) is 2.57. The normalized spacial score (nSPS) is 33.7. The van der Waals surface area contributed by atoms with Crippen LogP contribution in [-0.2, 0) is 4.74 Å². The SMILES string of the molecule is C/C=C/CCC1CCC(C2CCC(OC/C=C/C)CC2)CC1. The average molecular weight is 305 g/mol. The van der Waals surface area contributed by atoms with E-state index in [2.05, 4.69) is 38.2 Å². The highest BCUT2D eigenvalue weighted by Crippen LogP contribution is 2.41. The van der Waals surface area contributed by atoms with Crippen LogP contribution in [0.5, 0.6) is 0 Å². The summed E-state index contributed by atoms with van der Waals surface area (Å²) in [6, 6.07) is 0. The van der Waals surface area contributed by atoms with Crippen molar-refractivity contribution in [2.24, 2.45) is 17.8 Å². The van der Waals surface area contributed by atoms with Gasteiger partial charge in [-0.2, -0.15) is 0 Å². The predicted molar refractivity (Wildman–Crippen MR) is 96.0 cm³/mol. The number of hydrogen-bond donors (Lipinski definition) is 0. The van der Waals surface area contributed by atoms with E-state index in [0.717, 1.165) is 24.4 Å². The van der Waals surface area contributed by atoms with Gasteiger partial charge >= 0.3 is 0 Å². The van der Waals surface area contributed by atoms with Gasteiger partial charge in [0.25, 0.3) is 0 Å². The summed E-state index contributed by atoms with van der Waals surface area (Å²) in [7, 11) is 0. The molecule has 1 nitrogen and oxygen atoms in total. The van der Waals surface area contributed by atoms with Crippen LogP contribution in [-0.4, -0.2) is 12.7 Å². The summed E-state index contributed by atoms with van der Waals surface area (Å²) in [5, 5.41) is 0. The lowest BCUT2D eigenvalue weighted by Crippen LogP contribution is -2.28. The van der Waals surface area contributed by atoms with Crippen LogP contribution in [0.1, 0.15) is 78.1 Å². The minimum Gasteiger partial charge on any atom is -0.374 e. The van der Waals surface area contributed by atoms with E-state index in [-0.39, 0.29) is 0 Å². The van der Waals surface area contributed by atoms with Crippen molar-refractivity contribution in [3.63, 3.8) is 0 Å². The Hall–Kier alpha value is -0.560. The van der Waals surface area contributed by atoms with E-state index in [9.17, 15) is 0 Å². The van der Waals surface area contributed by atoms with Gasteiger partial charge in [-0.1, -0.05) is 37.1 Å². The minimum absolute atomic E-state index is 0.532. The topological polar surface area (TPSA) is 9.23 Å². The highest BCUT2D eigenvalue weighted by Gasteiger charge is 2.30. The zero-order valence-electron chi connectivity index (χ0n) is 14.8. The maximum Gasteiger partial charge on any atom is 0.0651 e.